The van der Waals surface area contributed by atoms with Gasteiger partial charge in [0.25, 0.3) is 11.8 Å². The molecule has 6 rings (SSSR count). The van der Waals surface area contributed by atoms with E-state index < -0.39 is 11.7 Å². The second-order valence-electron chi connectivity index (χ2n) is 10.4. The van der Waals surface area contributed by atoms with Crippen LogP contribution in [0.15, 0.2) is 72.8 Å². The molecule has 0 radical (unpaired) electrons. The number of rotatable bonds is 6. The van der Waals surface area contributed by atoms with Crippen molar-refractivity contribution in [2.75, 3.05) is 18.4 Å². The van der Waals surface area contributed by atoms with Crippen molar-refractivity contribution >= 4 is 39.3 Å². The van der Waals surface area contributed by atoms with Crippen LogP contribution in [0.4, 0.5) is 10.1 Å². The fourth-order valence-electron chi connectivity index (χ4n) is 5.66. The number of hydrogen-bond donors (Lipinski definition) is 4. The Kier molecular flexibility index (Phi) is 6.57. The molecule has 1 unspecified atom stereocenters. The summed E-state index contributed by atoms with van der Waals surface area (Å²) in [5.74, 6) is -1.26. The number of nitrogens with two attached hydrogens (primary N) is 1. The maximum absolute atomic E-state index is 13.3. The van der Waals surface area contributed by atoms with Crippen molar-refractivity contribution in [2.45, 2.75) is 26.0 Å². The van der Waals surface area contributed by atoms with Gasteiger partial charge in [-0.25, -0.2) is 4.39 Å². The van der Waals surface area contributed by atoms with Crippen LogP contribution in [0.1, 0.15) is 38.3 Å². The molecule has 8 heteroatoms. The zero-order valence-electron chi connectivity index (χ0n) is 22.0. The number of β-amino-alcohol motifs (C(OH)–C–C–N with tert-alkyl or cyclic N) is 1. The van der Waals surface area contributed by atoms with Crippen molar-refractivity contribution in [1.29, 1.82) is 0 Å². The number of halogens is 1. The third kappa shape index (κ3) is 4.72. The lowest BCUT2D eigenvalue weighted by atomic mass is 9.93. The van der Waals surface area contributed by atoms with E-state index in [1.165, 1.54) is 24.3 Å². The summed E-state index contributed by atoms with van der Waals surface area (Å²) in [5.41, 5.74) is 12.5. The van der Waals surface area contributed by atoms with Gasteiger partial charge in [0, 0.05) is 47.2 Å². The Bertz CT molecular complexity index is 1780. The number of likely N-dealkylation sites (tertiary alicyclic amines) is 1. The van der Waals surface area contributed by atoms with Crippen LogP contribution in [-0.2, 0) is 6.54 Å². The monoisotopic (exact) mass is 536 g/mol. The minimum Gasteiger partial charge on any atom is -0.392 e. The summed E-state index contributed by atoms with van der Waals surface area (Å²) in [5, 5.41) is 14.7. The molecule has 4 aromatic carbocycles. The first kappa shape index (κ1) is 25.7. The van der Waals surface area contributed by atoms with Gasteiger partial charge in [0.15, 0.2) is 0 Å². The van der Waals surface area contributed by atoms with E-state index in [-0.39, 0.29) is 12.0 Å². The first-order valence-electron chi connectivity index (χ1n) is 13.2. The van der Waals surface area contributed by atoms with Gasteiger partial charge in [-0.15, -0.1) is 0 Å². The molecule has 0 bridgehead atoms. The molecule has 0 aliphatic carbocycles. The lowest BCUT2D eigenvalue weighted by molar-refractivity contribution is 0.0998. The Morgan fingerprint density at radius 3 is 2.60 bits per heavy atom. The molecule has 1 fully saturated rings. The maximum Gasteiger partial charge on any atom is 0.255 e. The van der Waals surface area contributed by atoms with Gasteiger partial charge in [-0.3, -0.25) is 14.5 Å². The third-order valence-electron chi connectivity index (χ3n) is 7.72. The number of benzene rings is 4. The van der Waals surface area contributed by atoms with E-state index in [1.807, 2.05) is 31.2 Å². The molecule has 0 spiro atoms. The highest BCUT2D eigenvalue weighted by Crippen LogP contribution is 2.39. The lowest BCUT2D eigenvalue weighted by Gasteiger charge is -2.15. The van der Waals surface area contributed by atoms with Gasteiger partial charge in [-0.05, 0) is 78.1 Å². The van der Waals surface area contributed by atoms with Crippen LogP contribution in [0, 0.1) is 12.7 Å². The number of carbonyl (C=O) groups excluding carboxylic acids is 2. The van der Waals surface area contributed by atoms with Crippen molar-refractivity contribution < 1.29 is 19.1 Å². The van der Waals surface area contributed by atoms with Crippen molar-refractivity contribution in [3.63, 3.8) is 0 Å². The molecule has 2 heterocycles. The van der Waals surface area contributed by atoms with Crippen LogP contribution in [0.5, 0.6) is 0 Å². The number of amides is 2. The van der Waals surface area contributed by atoms with Crippen molar-refractivity contribution in [2.24, 2.45) is 5.73 Å². The number of primary amides is 1. The van der Waals surface area contributed by atoms with Crippen LogP contribution in [0.2, 0.25) is 0 Å². The van der Waals surface area contributed by atoms with E-state index in [0.29, 0.717) is 28.9 Å². The van der Waals surface area contributed by atoms with Crippen molar-refractivity contribution in [1.82, 2.24) is 9.88 Å². The van der Waals surface area contributed by atoms with Gasteiger partial charge in [-0.2, -0.15) is 0 Å². The minimum absolute atomic E-state index is 0.281. The lowest BCUT2D eigenvalue weighted by Crippen LogP contribution is -2.21. The summed E-state index contributed by atoms with van der Waals surface area (Å²) >= 11 is 0. The molecule has 40 heavy (non-hydrogen) atoms. The molecule has 1 saturated heterocycles. The maximum atomic E-state index is 13.3. The summed E-state index contributed by atoms with van der Waals surface area (Å²) in [6, 6.07) is 20.9. The number of aliphatic hydroxyl groups is 1. The molecule has 0 saturated carbocycles. The quantitative estimate of drug-likeness (QED) is 0.234. The Morgan fingerprint density at radius 2 is 1.88 bits per heavy atom. The topological polar surface area (TPSA) is 111 Å². The number of fused-ring (bicyclic) bond motifs is 3. The first-order chi connectivity index (χ1) is 19.3. The summed E-state index contributed by atoms with van der Waals surface area (Å²) in [7, 11) is 0. The number of nitrogens with one attached hydrogen (secondary N) is 2. The highest BCUT2D eigenvalue weighted by molar-refractivity contribution is 6.20. The van der Waals surface area contributed by atoms with Crippen molar-refractivity contribution in [3.05, 3.63) is 101 Å². The van der Waals surface area contributed by atoms with Gasteiger partial charge in [0.1, 0.15) is 5.82 Å². The Hall–Kier alpha value is -4.53. The number of hydrogen-bond acceptors (Lipinski definition) is 4. The predicted molar refractivity (Wildman–Crippen MR) is 155 cm³/mol. The zero-order valence-corrected chi connectivity index (χ0v) is 22.0. The molecule has 5 aromatic rings. The molecular formula is C32H29FN4O3. The Balaban J connectivity index is 1.43. The number of aromatic nitrogens is 1. The second-order valence-corrected chi connectivity index (χ2v) is 10.4. The normalized spacial score (nSPS) is 15.6. The molecule has 1 aliphatic rings. The highest BCUT2D eigenvalue weighted by atomic mass is 19.1. The number of aliphatic hydroxyl groups excluding tert-OH is 1. The molecule has 1 aromatic heterocycles. The molecular weight excluding hydrogens is 507 g/mol. The van der Waals surface area contributed by atoms with Crippen LogP contribution in [0.25, 0.3) is 32.9 Å². The number of aromatic amines is 1. The van der Waals surface area contributed by atoms with Gasteiger partial charge in [0.2, 0.25) is 0 Å². The van der Waals surface area contributed by atoms with Gasteiger partial charge in [-0.1, -0.05) is 30.3 Å². The van der Waals surface area contributed by atoms with E-state index in [9.17, 15) is 19.1 Å². The summed E-state index contributed by atoms with van der Waals surface area (Å²) < 4.78 is 13.3. The van der Waals surface area contributed by atoms with Gasteiger partial charge < -0.3 is 21.1 Å². The van der Waals surface area contributed by atoms with E-state index >= 15 is 0 Å². The Labute approximate surface area is 230 Å². The average molecular weight is 537 g/mol. The number of nitrogens with zero attached hydrogens (tertiary/aromatic N) is 1. The highest BCUT2D eigenvalue weighted by Gasteiger charge is 2.22. The smallest absolute Gasteiger partial charge is 0.255 e. The Morgan fingerprint density at radius 1 is 1.07 bits per heavy atom. The SMILES string of the molecule is Cc1c(NC(=O)c2ccc(F)cc2)cccc1-c1ccc(C(N)=O)c2[nH]c3cc(CN4CCC(O)C4)ccc3c12. The van der Waals surface area contributed by atoms with E-state index in [2.05, 4.69) is 33.4 Å². The first-order valence-corrected chi connectivity index (χ1v) is 13.2. The zero-order chi connectivity index (χ0) is 28.0. The van der Waals surface area contributed by atoms with E-state index in [1.54, 1.807) is 6.07 Å². The fraction of sp³-hybridized carbons (Fsp3) is 0.188. The van der Waals surface area contributed by atoms with E-state index in [0.717, 1.165) is 58.1 Å². The van der Waals surface area contributed by atoms with Crippen molar-refractivity contribution in [3.8, 4) is 11.1 Å². The molecule has 2 amide bonds. The van der Waals surface area contributed by atoms with Gasteiger partial charge in [0.05, 0.1) is 17.2 Å². The fourth-order valence-corrected chi connectivity index (χ4v) is 5.66. The minimum atomic E-state index is -0.522. The molecule has 5 N–H and O–H groups in total. The predicted octanol–water partition coefficient (Wildman–Crippen LogP) is 5.35. The van der Waals surface area contributed by atoms with Gasteiger partial charge >= 0.3 is 0 Å². The number of H-pyrrole nitrogens is 1. The summed E-state index contributed by atoms with van der Waals surface area (Å²) in [6.07, 6.45) is 0.500. The molecule has 202 valence electrons. The molecule has 1 atom stereocenters. The van der Waals surface area contributed by atoms with Crippen LogP contribution in [-0.4, -0.2) is 46.0 Å². The van der Waals surface area contributed by atoms with Crippen LogP contribution in [0.3, 0.4) is 0 Å². The second kappa shape index (κ2) is 10.2. The number of anilines is 1. The number of carbonyl (C=O) groups is 2. The molecule has 1 aliphatic heterocycles. The van der Waals surface area contributed by atoms with Crippen LogP contribution < -0.4 is 11.1 Å². The summed E-state index contributed by atoms with van der Waals surface area (Å²) in [4.78, 5) is 30.9. The summed E-state index contributed by atoms with van der Waals surface area (Å²) in [6.45, 7) is 4.18. The standard InChI is InChI=1S/C32H29FN4O3/c1-18-23(3-2-4-27(18)36-32(40)20-6-8-21(33)9-7-20)24-11-12-26(31(34)39)30-29(24)25-10-5-19(15-28(25)35-30)16-37-14-13-22(38)17-37/h2-12,15,22,35,38H,13-14,16-17H2,1H3,(H2,34,39)(H,36,40). The largest absolute Gasteiger partial charge is 0.392 e. The van der Waals surface area contributed by atoms with E-state index in [4.69, 9.17) is 5.73 Å². The average Bonchev–Trinajstić information content (AvgIpc) is 3.52. The third-order valence-corrected chi connectivity index (χ3v) is 7.72. The van der Waals surface area contributed by atoms with Crippen LogP contribution >= 0.6 is 0 Å². The molecule has 7 nitrogen and oxygen atoms in total.